The van der Waals surface area contributed by atoms with Gasteiger partial charge >= 0.3 is 0 Å². The molecular weight excluding hydrogens is 434 g/mol. The number of imide groups is 1. The van der Waals surface area contributed by atoms with Gasteiger partial charge in [-0.05, 0) is 75.1 Å². The minimum atomic E-state index is -0.284. The van der Waals surface area contributed by atoms with Crippen LogP contribution in [0, 0.1) is 13.8 Å². The molecule has 0 fully saturated rings. The van der Waals surface area contributed by atoms with Crippen LogP contribution < -0.4 is 10.2 Å². The molecule has 3 aromatic rings. The Morgan fingerprint density at radius 2 is 1.51 bits per heavy atom. The van der Waals surface area contributed by atoms with E-state index in [0.29, 0.717) is 24.2 Å². The second kappa shape index (κ2) is 10.6. The second-order valence-corrected chi connectivity index (χ2v) is 8.91. The van der Waals surface area contributed by atoms with Crippen molar-refractivity contribution >= 4 is 28.8 Å². The molecule has 1 aliphatic rings. The number of nitrogens with one attached hydrogen (secondary N) is 1. The lowest BCUT2D eigenvalue weighted by atomic mass is 9.97. The number of amides is 2. The summed E-state index contributed by atoms with van der Waals surface area (Å²) in [6, 6.07) is 23.9. The van der Waals surface area contributed by atoms with Crippen molar-refractivity contribution in [2.75, 3.05) is 29.9 Å². The molecule has 4 rings (SSSR count). The van der Waals surface area contributed by atoms with E-state index in [-0.39, 0.29) is 11.8 Å². The zero-order valence-electron chi connectivity index (χ0n) is 21.0. The minimum Gasteiger partial charge on any atom is -0.372 e. The maximum Gasteiger partial charge on any atom is 0.278 e. The summed E-state index contributed by atoms with van der Waals surface area (Å²) in [5, 5.41) is 3.29. The van der Waals surface area contributed by atoms with E-state index in [4.69, 9.17) is 0 Å². The summed E-state index contributed by atoms with van der Waals surface area (Å²) >= 11 is 0. The molecule has 3 aromatic carbocycles. The highest BCUT2D eigenvalue weighted by atomic mass is 16.2. The van der Waals surface area contributed by atoms with Gasteiger partial charge in [0.05, 0.1) is 5.57 Å². The maximum absolute atomic E-state index is 13.6. The van der Waals surface area contributed by atoms with Crippen molar-refractivity contribution in [1.82, 2.24) is 4.90 Å². The van der Waals surface area contributed by atoms with Crippen LogP contribution in [0.25, 0.3) is 5.57 Å². The van der Waals surface area contributed by atoms with E-state index in [1.807, 2.05) is 86.6 Å². The fourth-order valence-corrected chi connectivity index (χ4v) is 4.61. The normalized spacial score (nSPS) is 13.5. The molecule has 2 amide bonds. The van der Waals surface area contributed by atoms with E-state index in [1.165, 1.54) is 4.90 Å². The lowest BCUT2D eigenvalue weighted by Crippen LogP contribution is -2.34. The van der Waals surface area contributed by atoms with Crippen LogP contribution in [0.3, 0.4) is 0 Å². The van der Waals surface area contributed by atoms with Crippen LogP contribution in [0.4, 0.5) is 11.4 Å². The van der Waals surface area contributed by atoms with Crippen molar-refractivity contribution in [2.24, 2.45) is 0 Å². The monoisotopic (exact) mass is 467 g/mol. The van der Waals surface area contributed by atoms with E-state index in [9.17, 15) is 9.59 Å². The van der Waals surface area contributed by atoms with Crippen molar-refractivity contribution in [1.29, 1.82) is 0 Å². The maximum atomic E-state index is 13.6. The van der Waals surface area contributed by atoms with Crippen LogP contribution >= 0.6 is 0 Å². The molecule has 0 aromatic heterocycles. The molecule has 0 atom stereocenters. The van der Waals surface area contributed by atoms with Crippen LogP contribution in [0.2, 0.25) is 0 Å². The van der Waals surface area contributed by atoms with Gasteiger partial charge in [-0.25, -0.2) is 0 Å². The summed E-state index contributed by atoms with van der Waals surface area (Å²) in [5.74, 6) is -0.533. The number of carbonyl (C=O) groups is 2. The molecule has 1 aliphatic heterocycles. The zero-order valence-corrected chi connectivity index (χ0v) is 21.0. The summed E-state index contributed by atoms with van der Waals surface area (Å²) < 4.78 is 0. The third-order valence-electron chi connectivity index (χ3n) is 6.55. The standard InChI is InChI=1S/C30H33N3O2/c1-5-32(6-2)25-15-13-24(14-16-25)31-28-27(26-17-12-21(3)20-22(26)4)29(34)33(30(28)35)19-18-23-10-8-7-9-11-23/h7-17,20,31H,5-6,18-19H2,1-4H3. The SMILES string of the molecule is CCN(CC)c1ccc(NC2=C(c3ccc(C)cc3C)C(=O)N(CCc3ccccc3)C2=O)cc1. The molecule has 5 heteroatoms. The molecule has 0 aliphatic carbocycles. The van der Waals surface area contributed by atoms with Crippen molar-refractivity contribution in [3.63, 3.8) is 0 Å². The third kappa shape index (κ3) is 5.14. The van der Waals surface area contributed by atoms with Gasteiger partial charge in [-0.2, -0.15) is 0 Å². The van der Waals surface area contributed by atoms with Gasteiger partial charge in [0, 0.05) is 31.0 Å². The molecule has 0 bridgehead atoms. The van der Waals surface area contributed by atoms with Gasteiger partial charge in [0.2, 0.25) is 0 Å². The number of nitrogens with zero attached hydrogens (tertiary/aromatic N) is 2. The van der Waals surface area contributed by atoms with Gasteiger partial charge in [-0.3, -0.25) is 14.5 Å². The van der Waals surface area contributed by atoms with Gasteiger partial charge in [0.15, 0.2) is 0 Å². The number of hydrogen-bond acceptors (Lipinski definition) is 4. The highest BCUT2D eigenvalue weighted by Crippen LogP contribution is 2.33. The quantitative estimate of drug-likeness (QED) is 0.417. The first-order valence-corrected chi connectivity index (χ1v) is 12.3. The Labute approximate surface area is 208 Å². The van der Waals surface area contributed by atoms with Crippen molar-refractivity contribution in [3.8, 4) is 0 Å². The predicted octanol–water partition coefficient (Wildman–Crippen LogP) is 5.58. The Morgan fingerprint density at radius 3 is 2.14 bits per heavy atom. The molecular formula is C30H33N3O2. The van der Waals surface area contributed by atoms with Gasteiger partial charge in [0.25, 0.3) is 11.8 Å². The first kappa shape index (κ1) is 24.3. The number of benzene rings is 3. The zero-order chi connectivity index (χ0) is 24.9. The van der Waals surface area contributed by atoms with Crippen LogP contribution in [0.15, 0.2) is 78.5 Å². The summed E-state index contributed by atoms with van der Waals surface area (Å²) in [5.41, 5.74) is 6.66. The van der Waals surface area contributed by atoms with E-state index in [2.05, 4.69) is 24.1 Å². The predicted molar refractivity (Wildman–Crippen MR) is 143 cm³/mol. The van der Waals surface area contributed by atoms with E-state index >= 15 is 0 Å². The molecule has 1 heterocycles. The van der Waals surface area contributed by atoms with E-state index < -0.39 is 0 Å². The lowest BCUT2D eigenvalue weighted by molar-refractivity contribution is -0.136. The Hall–Kier alpha value is -3.86. The van der Waals surface area contributed by atoms with Crippen molar-refractivity contribution in [2.45, 2.75) is 34.1 Å². The van der Waals surface area contributed by atoms with Crippen LogP contribution in [-0.2, 0) is 16.0 Å². The molecule has 0 radical (unpaired) electrons. The lowest BCUT2D eigenvalue weighted by Gasteiger charge is -2.21. The van der Waals surface area contributed by atoms with Crippen LogP contribution in [0.1, 0.15) is 36.1 Å². The molecule has 0 saturated carbocycles. The Balaban J connectivity index is 1.67. The topological polar surface area (TPSA) is 52.7 Å². The third-order valence-corrected chi connectivity index (χ3v) is 6.55. The largest absolute Gasteiger partial charge is 0.372 e. The van der Waals surface area contributed by atoms with E-state index in [0.717, 1.165) is 46.7 Å². The highest BCUT2D eigenvalue weighted by Gasteiger charge is 2.39. The molecule has 5 nitrogen and oxygen atoms in total. The summed E-state index contributed by atoms with van der Waals surface area (Å²) in [6.45, 7) is 10.4. The number of aryl methyl sites for hydroxylation is 2. The van der Waals surface area contributed by atoms with Crippen molar-refractivity contribution < 1.29 is 9.59 Å². The number of anilines is 2. The summed E-state index contributed by atoms with van der Waals surface area (Å²) in [6.07, 6.45) is 0.615. The molecule has 35 heavy (non-hydrogen) atoms. The average molecular weight is 468 g/mol. The second-order valence-electron chi connectivity index (χ2n) is 8.91. The smallest absolute Gasteiger partial charge is 0.278 e. The van der Waals surface area contributed by atoms with Crippen molar-refractivity contribution in [3.05, 3.63) is 101 Å². The molecule has 1 N–H and O–H groups in total. The number of hydrogen-bond donors (Lipinski definition) is 1. The fourth-order valence-electron chi connectivity index (χ4n) is 4.61. The van der Waals surface area contributed by atoms with Gasteiger partial charge in [-0.15, -0.1) is 0 Å². The molecule has 0 unspecified atom stereocenters. The van der Waals surface area contributed by atoms with Crippen LogP contribution in [-0.4, -0.2) is 36.3 Å². The van der Waals surface area contributed by atoms with Crippen LogP contribution in [0.5, 0.6) is 0 Å². The summed E-state index contributed by atoms with van der Waals surface area (Å²) in [4.78, 5) is 30.8. The Kier molecular flexibility index (Phi) is 7.35. The Bertz CT molecular complexity index is 1240. The summed E-state index contributed by atoms with van der Waals surface area (Å²) in [7, 11) is 0. The van der Waals surface area contributed by atoms with Gasteiger partial charge in [0.1, 0.15) is 5.70 Å². The number of rotatable bonds is 9. The average Bonchev–Trinajstić information content (AvgIpc) is 3.09. The fraction of sp³-hybridized carbons (Fsp3) is 0.267. The minimum absolute atomic E-state index is 0.250. The van der Waals surface area contributed by atoms with E-state index in [1.54, 1.807) is 0 Å². The highest BCUT2D eigenvalue weighted by molar-refractivity contribution is 6.36. The first-order chi connectivity index (χ1) is 16.9. The molecule has 180 valence electrons. The Morgan fingerprint density at radius 1 is 0.829 bits per heavy atom. The number of carbonyl (C=O) groups excluding carboxylic acids is 2. The molecule has 0 spiro atoms. The first-order valence-electron chi connectivity index (χ1n) is 12.3. The molecule has 0 saturated heterocycles. The van der Waals surface area contributed by atoms with Gasteiger partial charge < -0.3 is 10.2 Å². The van der Waals surface area contributed by atoms with Gasteiger partial charge in [-0.1, -0.05) is 54.1 Å².